The normalized spacial score (nSPS) is 10.3. The number of para-hydroxylation sites is 1. The highest BCUT2D eigenvalue weighted by Gasteiger charge is 2.12. The van der Waals surface area contributed by atoms with E-state index in [1.54, 1.807) is 0 Å². The lowest BCUT2D eigenvalue weighted by molar-refractivity contribution is 0.0999. The highest BCUT2D eigenvalue weighted by Crippen LogP contribution is 2.15. The van der Waals surface area contributed by atoms with Gasteiger partial charge < -0.3 is 4.90 Å². The summed E-state index contributed by atoms with van der Waals surface area (Å²) in [5, 5.41) is 0. The Morgan fingerprint density at radius 3 is 2.30 bits per heavy atom. The fraction of sp³-hybridized carbons (Fsp3) is 0.235. The number of halogens is 1. The van der Waals surface area contributed by atoms with E-state index >= 15 is 0 Å². The van der Waals surface area contributed by atoms with Crippen molar-refractivity contribution in [2.24, 2.45) is 0 Å². The van der Waals surface area contributed by atoms with E-state index in [2.05, 4.69) is 6.92 Å². The van der Waals surface area contributed by atoms with Crippen LogP contribution in [-0.4, -0.2) is 18.9 Å². The molecule has 20 heavy (non-hydrogen) atoms. The van der Waals surface area contributed by atoms with Crippen LogP contribution in [-0.2, 0) is 0 Å². The van der Waals surface area contributed by atoms with Gasteiger partial charge in [0.25, 0.3) is 0 Å². The number of ketones is 1. The molecule has 0 atom stereocenters. The van der Waals surface area contributed by atoms with Crippen LogP contribution >= 0.6 is 0 Å². The number of Topliss-reactive ketones (excluding diaryl/α,β-unsaturated/α-hetero) is 1. The molecule has 104 valence electrons. The molecule has 0 fully saturated rings. The first-order valence-electron chi connectivity index (χ1n) is 6.79. The summed E-state index contributed by atoms with van der Waals surface area (Å²) in [6.07, 6.45) is 0.964. The Hall–Kier alpha value is -2.16. The van der Waals surface area contributed by atoms with E-state index in [1.807, 2.05) is 35.2 Å². The van der Waals surface area contributed by atoms with Gasteiger partial charge in [-0.2, -0.15) is 0 Å². The average molecular weight is 271 g/mol. The van der Waals surface area contributed by atoms with E-state index < -0.39 is 0 Å². The minimum Gasteiger partial charge on any atom is -0.364 e. The molecule has 2 aromatic carbocycles. The Labute approximate surface area is 118 Å². The third-order valence-electron chi connectivity index (χ3n) is 3.12. The van der Waals surface area contributed by atoms with Crippen LogP contribution < -0.4 is 4.90 Å². The Morgan fingerprint density at radius 2 is 1.70 bits per heavy atom. The maximum Gasteiger partial charge on any atom is 0.182 e. The molecule has 2 nitrogen and oxygen atoms in total. The molecule has 0 amide bonds. The molecule has 0 aliphatic carbocycles. The van der Waals surface area contributed by atoms with Crippen LogP contribution in [0.1, 0.15) is 23.7 Å². The fourth-order valence-corrected chi connectivity index (χ4v) is 2.11. The molecule has 2 aromatic rings. The lowest BCUT2D eigenvalue weighted by Gasteiger charge is -2.23. The lowest BCUT2D eigenvalue weighted by Crippen LogP contribution is -2.30. The zero-order valence-electron chi connectivity index (χ0n) is 11.6. The highest BCUT2D eigenvalue weighted by atomic mass is 19.1. The second kappa shape index (κ2) is 6.85. The van der Waals surface area contributed by atoms with Crippen molar-refractivity contribution >= 4 is 11.5 Å². The van der Waals surface area contributed by atoms with Gasteiger partial charge in [0.2, 0.25) is 0 Å². The topological polar surface area (TPSA) is 20.3 Å². The summed E-state index contributed by atoms with van der Waals surface area (Å²) in [5.74, 6) is -0.322. The van der Waals surface area contributed by atoms with E-state index in [1.165, 1.54) is 24.3 Å². The Balaban J connectivity index is 2.12. The summed E-state index contributed by atoms with van der Waals surface area (Å²) >= 11 is 0. The molecule has 0 bridgehead atoms. The molecule has 0 radical (unpaired) electrons. The van der Waals surface area contributed by atoms with Gasteiger partial charge in [0.05, 0.1) is 6.54 Å². The van der Waals surface area contributed by atoms with Crippen molar-refractivity contribution in [3.05, 3.63) is 66.0 Å². The van der Waals surface area contributed by atoms with Crippen LogP contribution in [0.25, 0.3) is 0 Å². The van der Waals surface area contributed by atoms with Crippen molar-refractivity contribution in [2.75, 3.05) is 18.0 Å². The summed E-state index contributed by atoms with van der Waals surface area (Å²) < 4.78 is 12.9. The van der Waals surface area contributed by atoms with Crippen molar-refractivity contribution in [3.8, 4) is 0 Å². The molecule has 0 unspecified atom stereocenters. The number of carbonyl (C=O) groups is 1. The van der Waals surface area contributed by atoms with Crippen LogP contribution in [0, 0.1) is 5.82 Å². The van der Waals surface area contributed by atoms with Crippen molar-refractivity contribution in [1.82, 2.24) is 0 Å². The number of rotatable bonds is 6. The number of carbonyl (C=O) groups excluding carboxylic acids is 1. The summed E-state index contributed by atoms with van der Waals surface area (Å²) in [5.41, 5.74) is 1.58. The van der Waals surface area contributed by atoms with Gasteiger partial charge in [-0.05, 0) is 42.8 Å². The molecule has 0 spiro atoms. The number of benzene rings is 2. The first kappa shape index (κ1) is 14.3. The first-order valence-corrected chi connectivity index (χ1v) is 6.79. The molecule has 0 aliphatic heterocycles. The highest BCUT2D eigenvalue weighted by molar-refractivity contribution is 5.99. The number of anilines is 1. The number of hydrogen-bond acceptors (Lipinski definition) is 2. The maximum absolute atomic E-state index is 12.9. The van der Waals surface area contributed by atoms with E-state index in [-0.39, 0.29) is 11.6 Å². The van der Waals surface area contributed by atoms with Gasteiger partial charge in [0.15, 0.2) is 5.78 Å². The van der Waals surface area contributed by atoms with Gasteiger partial charge in [-0.15, -0.1) is 0 Å². The standard InChI is InChI=1S/C17H18FNO/c1-2-12-19(16-6-4-3-5-7-16)13-17(20)14-8-10-15(18)11-9-14/h3-11H,2,12-13H2,1H3. The summed E-state index contributed by atoms with van der Waals surface area (Å²) in [6.45, 7) is 3.21. The predicted octanol–water partition coefficient (Wildman–Crippen LogP) is 3.93. The van der Waals surface area contributed by atoms with Gasteiger partial charge in [0, 0.05) is 17.8 Å². The van der Waals surface area contributed by atoms with Crippen molar-refractivity contribution in [1.29, 1.82) is 0 Å². The fourth-order valence-electron chi connectivity index (χ4n) is 2.11. The molecule has 0 heterocycles. The molecule has 0 saturated heterocycles. The quantitative estimate of drug-likeness (QED) is 0.742. The van der Waals surface area contributed by atoms with Gasteiger partial charge in [-0.3, -0.25) is 4.79 Å². The lowest BCUT2D eigenvalue weighted by atomic mass is 10.1. The van der Waals surface area contributed by atoms with Crippen molar-refractivity contribution < 1.29 is 9.18 Å². The Morgan fingerprint density at radius 1 is 1.05 bits per heavy atom. The SMILES string of the molecule is CCCN(CC(=O)c1ccc(F)cc1)c1ccccc1. The molecule has 3 heteroatoms. The van der Waals surface area contributed by atoms with Crippen LogP contribution in [0.3, 0.4) is 0 Å². The largest absolute Gasteiger partial charge is 0.364 e. The molecule has 0 N–H and O–H groups in total. The monoisotopic (exact) mass is 271 g/mol. The zero-order valence-corrected chi connectivity index (χ0v) is 11.6. The molecule has 0 saturated carbocycles. The average Bonchev–Trinajstić information content (AvgIpc) is 2.48. The van der Waals surface area contributed by atoms with Crippen LogP contribution in [0.15, 0.2) is 54.6 Å². The van der Waals surface area contributed by atoms with Crippen LogP contribution in [0.2, 0.25) is 0 Å². The molecule has 2 rings (SSSR count). The molecular weight excluding hydrogens is 253 g/mol. The molecule has 0 aliphatic rings. The van der Waals surface area contributed by atoms with Gasteiger partial charge in [-0.25, -0.2) is 4.39 Å². The van der Waals surface area contributed by atoms with Gasteiger partial charge >= 0.3 is 0 Å². The van der Waals surface area contributed by atoms with Crippen LogP contribution in [0.4, 0.5) is 10.1 Å². The molecule has 0 aromatic heterocycles. The van der Waals surface area contributed by atoms with E-state index in [0.717, 1.165) is 18.7 Å². The van der Waals surface area contributed by atoms with Gasteiger partial charge in [-0.1, -0.05) is 25.1 Å². The van der Waals surface area contributed by atoms with Crippen molar-refractivity contribution in [2.45, 2.75) is 13.3 Å². The minimum absolute atomic E-state index is 0.00213. The van der Waals surface area contributed by atoms with Gasteiger partial charge in [0.1, 0.15) is 5.82 Å². The van der Waals surface area contributed by atoms with Crippen molar-refractivity contribution in [3.63, 3.8) is 0 Å². The zero-order chi connectivity index (χ0) is 14.4. The third kappa shape index (κ3) is 3.67. The van der Waals surface area contributed by atoms with Crippen LogP contribution in [0.5, 0.6) is 0 Å². The Bertz CT molecular complexity index is 551. The Kier molecular flexibility index (Phi) is 4.88. The smallest absolute Gasteiger partial charge is 0.182 e. The number of nitrogens with zero attached hydrogens (tertiary/aromatic N) is 1. The maximum atomic E-state index is 12.9. The third-order valence-corrected chi connectivity index (χ3v) is 3.12. The van der Waals surface area contributed by atoms with E-state index in [0.29, 0.717) is 12.1 Å². The predicted molar refractivity (Wildman–Crippen MR) is 79.7 cm³/mol. The second-order valence-corrected chi connectivity index (χ2v) is 4.69. The second-order valence-electron chi connectivity index (χ2n) is 4.69. The summed E-state index contributed by atoms with van der Waals surface area (Å²) in [4.78, 5) is 14.3. The summed E-state index contributed by atoms with van der Waals surface area (Å²) in [7, 11) is 0. The number of hydrogen-bond donors (Lipinski definition) is 0. The van der Waals surface area contributed by atoms with E-state index in [4.69, 9.17) is 0 Å². The van der Waals surface area contributed by atoms with E-state index in [9.17, 15) is 9.18 Å². The summed E-state index contributed by atoms with van der Waals surface area (Å²) in [6, 6.07) is 15.6. The first-order chi connectivity index (χ1) is 9.70. The molecular formula is C17H18FNO. The minimum atomic E-state index is -0.324.